The Morgan fingerprint density at radius 2 is 1.85 bits per heavy atom. The third-order valence-electron chi connectivity index (χ3n) is 7.44. The standard InChI is InChI=1S/C27H33N5O2/c1-18-23-10-8-21(30(3)25-11-9-22(17-29-25)31-14-12-28-13-15-31)16-24(23)32(20-6-4-5-7-20)27(34)26(18)19(2)33/h8-11,16-17,20,28H,4-7,12-15H2,1-3H3. The number of pyridine rings is 2. The summed E-state index contributed by atoms with van der Waals surface area (Å²) < 4.78 is 1.89. The molecular formula is C27H33N5O2. The number of benzene rings is 1. The molecule has 7 nitrogen and oxygen atoms in total. The molecule has 1 saturated carbocycles. The fourth-order valence-corrected chi connectivity index (χ4v) is 5.53. The van der Waals surface area contributed by atoms with Gasteiger partial charge in [0.05, 0.1) is 23.0 Å². The zero-order valence-corrected chi connectivity index (χ0v) is 20.3. The van der Waals surface area contributed by atoms with Gasteiger partial charge in [0, 0.05) is 50.3 Å². The van der Waals surface area contributed by atoms with Gasteiger partial charge in [-0.05, 0) is 56.5 Å². The van der Waals surface area contributed by atoms with Crippen LogP contribution < -0.4 is 20.7 Å². The molecule has 3 aromatic rings. The number of aromatic nitrogens is 2. The summed E-state index contributed by atoms with van der Waals surface area (Å²) in [5, 5.41) is 4.35. The van der Waals surface area contributed by atoms with Gasteiger partial charge in [0.1, 0.15) is 5.82 Å². The average molecular weight is 460 g/mol. The van der Waals surface area contributed by atoms with E-state index < -0.39 is 0 Å². The number of carbonyl (C=O) groups excluding carboxylic acids is 1. The van der Waals surface area contributed by atoms with Crippen LogP contribution in [-0.2, 0) is 0 Å². The highest BCUT2D eigenvalue weighted by Crippen LogP contribution is 2.34. The van der Waals surface area contributed by atoms with Crippen LogP contribution in [0.1, 0.15) is 54.6 Å². The second-order valence-corrected chi connectivity index (χ2v) is 9.54. The van der Waals surface area contributed by atoms with Gasteiger partial charge in [0.15, 0.2) is 5.78 Å². The molecule has 3 heterocycles. The van der Waals surface area contributed by atoms with Gasteiger partial charge in [-0.1, -0.05) is 18.9 Å². The normalized spacial score (nSPS) is 16.9. The summed E-state index contributed by atoms with van der Waals surface area (Å²) in [5.74, 6) is 0.691. The molecule has 0 radical (unpaired) electrons. The van der Waals surface area contributed by atoms with Crippen molar-refractivity contribution in [2.24, 2.45) is 0 Å². The van der Waals surface area contributed by atoms with Crippen LogP contribution in [0.15, 0.2) is 41.3 Å². The fraction of sp³-hybridized carbons (Fsp3) is 0.444. The SMILES string of the molecule is CC(=O)c1c(C)c2ccc(N(C)c3ccc(N4CCNCC4)cn3)cc2n(C2CCCC2)c1=O. The molecule has 0 amide bonds. The molecule has 2 aromatic heterocycles. The van der Waals surface area contributed by atoms with Crippen molar-refractivity contribution in [3.05, 3.63) is 58.0 Å². The van der Waals surface area contributed by atoms with E-state index in [1.54, 1.807) is 0 Å². The minimum absolute atomic E-state index is 0.144. The lowest BCUT2D eigenvalue weighted by molar-refractivity contribution is 0.101. The third kappa shape index (κ3) is 3.98. The van der Waals surface area contributed by atoms with E-state index in [-0.39, 0.29) is 17.4 Å². The third-order valence-corrected chi connectivity index (χ3v) is 7.44. The Bertz CT molecular complexity index is 1270. The molecule has 1 saturated heterocycles. The summed E-state index contributed by atoms with van der Waals surface area (Å²) in [6, 6.07) is 10.5. The van der Waals surface area contributed by atoms with Crippen LogP contribution in [0.4, 0.5) is 17.2 Å². The van der Waals surface area contributed by atoms with E-state index in [9.17, 15) is 9.59 Å². The van der Waals surface area contributed by atoms with Gasteiger partial charge in [-0.25, -0.2) is 4.98 Å². The highest BCUT2D eigenvalue weighted by molar-refractivity contribution is 6.00. The number of hydrogen-bond acceptors (Lipinski definition) is 6. The quantitative estimate of drug-likeness (QED) is 0.577. The van der Waals surface area contributed by atoms with Crippen LogP contribution in [0.3, 0.4) is 0 Å². The van der Waals surface area contributed by atoms with Crippen LogP contribution in [0.5, 0.6) is 0 Å². The number of anilines is 3. The molecule has 0 unspecified atom stereocenters. The molecule has 178 valence electrons. The van der Waals surface area contributed by atoms with Gasteiger partial charge in [-0.2, -0.15) is 0 Å². The van der Waals surface area contributed by atoms with E-state index in [2.05, 4.69) is 39.4 Å². The lowest BCUT2D eigenvalue weighted by atomic mass is 10.00. The average Bonchev–Trinajstić information content (AvgIpc) is 3.38. The fourth-order valence-electron chi connectivity index (χ4n) is 5.53. The maximum Gasteiger partial charge on any atom is 0.262 e. The molecular weight excluding hydrogens is 426 g/mol. The number of aryl methyl sites for hydroxylation is 1. The van der Waals surface area contributed by atoms with Crippen molar-refractivity contribution in [3.63, 3.8) is 0 Å². The summed E-state index contributed by atoms with van der Waals surface area (Å²) in [6.07, 6.45) is 6.13. The van der Waals surface area contributed by atoms with Crippen molar-refractivity contribution in [1.29, 1.82) is 0 Å². The van der Waals surface area contributed by atoms with Crippen LogP contribution >= 0.6 is 0 Å². The number of fused-ring (bicyclic) bond motifs is 1. The first-order chi connectivity index (χ1) is 16.5. The van der Waals surface area contributed by atoms with Crippen LogP contribution in [0.25, 0.3) is 10.9 Å². The molecule has 0 spiro atoms. The van der Waals surface area contributed by atoms with Crippen molar-refractivity contribution in [1.82, 2.24) is 14.9 Å². The zero-order chi connectivity index (χ0) is 23.8. The van der Waals surface area contributed by atoms with E-state index in [4.69, 9.17) is 4.98 Å². The molecule has 0 bridgehead atoms. The summed E-state index contributed by atoms with van der Waals surface area (Å²) in [5.41, 5.74) is 3.96. The van der Waals surface area contributed by atoms with Gasteiger partial charge in [0.2, 0.25) is 0 Å². The van der Waals surface area contributed by atoms with E-state index in [0.717, 1.165) is 85.5 Å². The van der Waals surface area contributed by atoms with E-state index >= 15 is 0 Å². The number of hydrogen-bond donors (Lipinski definition) is 1. The summed E-state index contributed by atoms with van der Waals surface area (Å²) in [6.45, 7) is 7.34. The number of piperazine rings is 1. The largest absolute Gasteiger partial charge is 0.368 e. The van der Waals surface area contributed by atoms with Gasteiger partial charge in [-0.3, -0.25) is 9.59 Å². The van der Waals surface area contributed by atoms with Gasteiger partial charge in [0.25, 0.3) is 5.56 Å². The topological polar surface area (TPSA) is 70.5 Å². The first-order valence-electron chi connectivity index (χ1n) is 12.3. The number of ketones is 1. The van der Waals surface area contributed by atoms with Gasteiger partial charge in [-0.15, -0.1) is 0 Å². The smallest absolute Gasteiger partial charge is 0.262 e. The predicted octanol–water partition coefficient (Wildman–Crippen LogP) is 4.20. The maximum atomic E-state index is 13.5. The van der Waals surface area contributed by atoms with Gasteiger partial charge >= 0.3 is 0 Å². The van der Waals surface area contributed by atoms with E-state index in [0.29, 0.717) is 5.56 Å². The molecule has 1 aromatic carbocycles. The Hall–Kier alpha value is -3.19. The Morgan fingerprint density at radius 3 is 2.50 bits per heavy atom. The minimum atomic E-state index is -0.161. The van der Waals surface area contributed by atoms with Gasteiger partial charge < -0.3 is 19.7 Å². The lowest BCUT2D eigenvalue weighted by Gasteiger charge is -2.29. The monoisotopic (exact) mass is 459 g/mol. The zero-order valence-electron chi connectivity index (χ0n) is 20.3. The van der Waals surface area contributed by atoms with Crippen LogP contribution in [0, 0.1) is 6.92 Å². The van der Waals surface area contributed by atoms with Crippen molar-refractivity contribution in [3.8, 4) is 0 Å². The Balaban J connectivity index is 1.55. The molecule has 1 aliphatic heterocycles. The van der Waals surface area contributed by atoms with Crippen LogP contribution in [-0.4, -0.2) is 48.6 Å². The first-order valence-corrected chi connectivity index (χ1v) is 12.3. The number of nitrogens with one attached hydrogen (secondary N) is 1. The van der Waals surface area contributed by atoms with Crippen molar-refractivity contribution < 1.29 is 4.79 Å². The van der Waals surface area contributed by atoms with Crippen molar-refractivity contribution in [2.75, 3.05) is 43.0 Å². The summed E-state index contributed by atoms with van der Waals surface area (Å²) in [4.78, 5) is 35.0. The highest BCUT2D eigenvalue weighted by Gasteiger charge is 2.25. The highest BCUT2D eigenvalue weighted by atomic mass is 16.1. The number of nitrogens with zero attached hydrogens (tertiary/aromatic N) is 4. The number of Topliss-reactive ketones (excluding diaryl/α,β-unsaturated/α-hetero) is 1. The molecule has 1 N–H and O–H groups in total. The maximum absolute atomic E-state index is 13.5. The van der Waals surface area contributed by atoms with E-state index in [1.165, 1.54) is 6.92 Å². The first kappa shape index (κ1) is 22.6. The van der Waals surface area contributed by atoms with Crippen molar-refractivity contribution >= 4 is 33.9 Å². The molecule has 2 aliphatic rings. The minimum Gasteiger partial charge on any atom is -0.368 e. The number of rotatable bonds is 5. The second-order valence-electron chi connectivity index (χ2n) is 9.54. The Kier molecular flexibility index (Phi) is 6.13. The molecule has 1 aliphatic carbocycles. The molecule has 5 rings (SSSR count). The summed E-state index contributed by atoms with van der Waals surface area (Å²) in [7, 11) is 2.00. The Morgan fingerprint density at radius 1 is 1.12 bits per heavy atom. The Labute approximate surface area is 200 Å². The summed E-state index contributed by atoms with van der Waals surface area (Å²) >= 11 is 0. The molecule has 2 fully saturated rings. The second kappa shape index (κ2) is 9.22. The molecule has 0 atom stereocenters. The molecule has 34 heavy (non-hydrogen) atoms. The predicted molar refractivity (Wildman–Crippen MR) is 138 cm³/mol. The lowest BCUT2D eigenvalue weighted by Crippen LogP contribution is -2.43. The van der Waals surface area contributed by atoms with E-state index in [1.807, 2.05) is 30.8 Å². The molecule has 7 heteroatoms. The van der Waals surface area contributed by atoms with Crippen molar-refractivity contribution in [2.45, 2.75) is 45.6 Å². The van der Waals surface area contributed by atoms with Crippen LogP contribution in [0.2, 0.25) is 0 Å². The number of carbonyl (C=O) groups is 1.